The van der Waals surface area contributed by atoms with Crippen molar-refractivity contribution in [3.05, 3.63) is 95.1 Å². The van der Waals surface area contributed by atoms with Gasteiger partial charge in [-0.3, -0.25) is 0 Å². The molecule has 2 aliphatic rings. The van der Waals surface area contributed by atoms with Gasteiger partial charge in [0.2, 0.25) is 6.23 Å². The summed E-state index contributed by atoms with van der Waals surface area (Å²) in [7, 11) is 1.38. The maximum Gasteiger partial charge on any atom is 0.337 e. The van der Waals surface area contributed by atoms with Crippen LogP contribution in [0.15, 0.2) is 77.9 Å². The van der Waals surface area contributed by atoms with E-state index >= 15 is 0 Å². The highest BCUT2D eigenvalue weighted by Crippen LogP contribution is 2.47. The second-order valence-electron chi connectivity index (χ2n) is 7.73. The van der Waals surface area contributed by atoms with Crippen molar-refractivity contribution in [3.63, 3.8) is 0 Å². The number of nitrogens with zero attached hydrogens (tertiary/aromatic N) is 2. The molecule has 0 aliphatic carbocycles. The molecule has 0 fully saturated rings. The molecule has 0 amide bonds. The van der Waals surface area contributed by atoms with Crippen molar-refractivity contribution in [2.45, 2.75) is 25.6 Å². The Hall–Kier alpha value is -3.80. The van der Waals surface area contributed by atoms with Crippen LogP contribution in [0.5, 0.6) is 11.5 Å². The zero-order valence-corrected chi connectivity index (χ0v) is 18.0. The number of hydrazone groups is 1. The molecule has 2 atom stereocenters. The molecule has 2 aliphatic heterocycles. The van der Waals surface area contributed by atoms with Gasteiger partial charge in [-0.15, -0.1) is 0 Å². The normalized spacial score (nSPS) is 18.8. The van der Waals surface area contributed by atoms with Gasteiger partial charge in [0.15, 0.2) is 0 Å². The molecule has 2 heterocycles. The van der Waals surface area contributed by atoms with E-state index in [1.54, 1.807) is 12.1 Å². The van der Waals surface area contributed by atoms with Gasteiger partial charge in [-0.2, -0.15) is 5.10 Å². The molecule has 0 spiro atoms. The summed E-state index contributed by atoms with van der Waals surface area (Å²) in [6.45, 7) is 2.61. The first kappa shape index (κ1) is 20.1. The summed E-state index contributed by atoms with van der Waals surface area (Å²) in [5.74, 6) is 1.35. The van der Waals surface area contributed by atoms with Crippen molar-refractivity contribution >= 4 is 11.7 Å². The van der Waals surface area contributed by atoms with Crippen molar-refractivity contribution in [2.24, 2.45) is 5.10 Å². The third-order valence-electron chi connectivity index (χ3n) is 5.81. The van der Waals surface area contributed by atoms with Crippen molar-refractivity contribution in [1.82, 2.24) is 5.01 Å². The zero-order valence-electron chi connectivity index (χ0n) is 18.0. The molecule has 0 radical (unpaired) electrons. The summed E-state index contributed by atoms with van der Waals surface area (Å²) in [5.41, 5.74) is 4.63. The second kappa shape index (κ2) is 8.38. The first-order valence-corrected chi connectivity index (χ1v) is 10.7. The average molecular weight is 428 g/mol. The van der Waals surface area contributed by atoms with Crippen LogP contribution in [0.4, 0.5) is 0 Å². The maximum atomic E-state index is 11.8. The summed E-state index contributed by atoms with van der Waals surface area (Å²) < 4.78 is 16.8. The van der Waals surface area contributed by atoms with Gasteiger partial charge >= 0.3 is 5.97 Å². The van der Waals surface area contributed by atoms with E-state index in [9.17, 15) is 4.79 Å². The predicted octanol–water partition coefficient (Wildman–Crippen LogP) is 5.11. The standard InChI is InChI=1S/C26H24N2O4/c1-3-31-20-14-12-17(13-15-20)22-16-23-21-6-4-5-7-24(21)32-25(28(23)27-22)18-8-10-19(11-9-18)26(29)30-2/h4-15,23,25H,3,16H2,1-2H3. The molecule has 0 aromatic heterocycles. The molecule has 0 saturated heterocycles. The molecule has 6 heteroatoms. The summed E-state index contributed by atoms with van der Waals surface area (Å²) in [6.07, 6.45) is 0.396. The van der Waals surface area contributed by atoms with Crippen molar-refractivity contribution in [1.29, 1.82) is 0 Å². The van der Waals surface area contributed by atoms with E-state index in [2.05, 4.69) is 18.2 Å². The molecular weight excluding hydrogens is 404 g/mol. The highest BCUT2D eigenvalue weighted by atomic mass is 16.5. The number of carbonyl (C=O) groups is 1. The highest BCUT2D eigenvalue weighted by molar-refractivity contribution is 6.02. The summed E-state index contributed by atoms with van der Waals surface area (Å²) in [6, 6.07) is 23.5. The highest BCUT2D eigenvalue weighted by Gasteiger charge is 2.40. The van der Waals surface area contributed by atoms with Crippen LogP contribution in [0.3, 0.4) is 0 Å². The zero-order chi connectivity index (χ0) is 22.1. The Bertz CT molecular complexity index is 1160. The molecule has 6 nitrogen and oxygen atoms in total. The molecule has 0 saturated carbocycles. The molecule has 162 valence electrons. The van der Waals surface area contributed by atoms with Crippen LogP contribution in [-0.2, 0) is 4.74 Å². The van der Waals surface area contributed by atoms with Gasteiger partial charge in [-0.05, 0) is 55.0 Å². The fraction of sp³-hybridized carbons (Fsp3) is 0.231. The third-order valence-corrected chi connectivity index (χ3v) is 5.81. The Morgan fingerprint density at radius 2 is 1.81 bits per heavy atom. The van der Waals surface area contributed by atoms with Gasteiger partial charge in [-0.25, -0.2) is 9.80 Å². The number of rotatable bonds is 5. The lowest BCUT2D eigenvalue weighted by Gasteiger charge is -2.38. The lowest BCUT2D eigenvalue weighted by Crippen LogP contribution is -2.33. The largest absolute Gasteiger partial charge is 0.494 e. The smallest absolute Gasteiger partial charge is 0.337 e. The topological polar surface area (TPSA) is 60.4 Å². The number of carbonyl (C=O) groups excluding carboxylic acids is 1. The van der Waals surface area contributed by atoms with Gasteiger partial charge in [0.25, 0.3) is 0 Å². The number of methoxy groups -OCH3 is 1. The van der Waals surface area contributed by atoms with Crippen molar-refractivity contribution in [2.75, 3.05) is 13.7 Å². The fourth-order valence-corrected chi connectivity index (χ4v) is 4.24. The number of para-hydroxylation sites is 1. The molecular formula is C26H24N2O4. The molecule has 0 bridgehead atoms. The Labute approximate surface area is 187 Å². The Morgan fingerprint density at radius 3 is 2.53 bits per heavy atom. The van der Waals surface area contributed by atoms with E-state index in [1.165, 1.54) is 7.11 Å². The minimum Gasteiger partial charge on any atom is -0.494 e. The summed E-state index contributed by atoms with van der Waals surface area (Å²) in [4.78, 5) is 11.8. The van der Waals surface area contributed by atoms with Gasteiger partial charge in [0, 0.05) is 17.5 Å². The van der Waals surface area contributed by atoms with Gasteiger partial charge in [0.05, 0.1) is 31.0 Å². The van der Waals surface area contributed by atoms with Gasteiger partial charge in [-0.1, -0.05) is 30.3 Å². The monoisotopic (exact) mass is 428 g/mol. The van der Waals surface area contributed by atoms with E-state index < -0.39 is 0 Å². The number of ether oxygens (including phenoxy) is 3. The summed E-state index contributed by atoms with van der Waals surface area (Å²) in [5, 5.41) is 7.01. The average Bonchev–Trinajstić information content (AvgIpc) is 3.30. The SMILES string of the molecule is CCOc1ccc(C2=NN3C(C2)c2ccccc2OC3c2ccc(C(=O)OC)cc2)cc1. The van der Waals surface area contributed by atoms with Crippen LogP contribution in [-0.4, -0.2) is 30.4 Å². The maximum absolute atomic E-state index is 11.8. The fourth-order valence-electron chi connectivity index (χ4n) is 4.24. The molecule has 32 heavy (non-hydrogen) atoms. The van der Waals surface area contributed by atoms with Crippen molar-refractivity contribution < 1.29 is 19.0 Å². The Kier molecular flexibility index (Phi) is 5.27. The summed E-state index contributed by atoms with van der Waals surface area (Å²) >= 11 is 0. The number of benzene rings is 3. The molecule has 5 rings (SSSR count). The van der Waals surface area contributed by atoms with Crippen LogP contribution in [0, 0.1) is 0 Å². The van der Waals surface area contributed by atoms with Gasteiger partial charge < -0.3 is 14.2 Å². The first-order chi connectivity index (χ1) is 15.7. The lowest BCUT2D eigenvalue weighted by atomic mass is 9.96. The van der Waals surface area contributed by atoms with Crippen LogP contribution >= 0.6 is 0 Å². The number of fused-ring (bicyclic) bond motifs is 3. The molecule has 2 unspecified atom stereocenters. The number of hydrogen-bond donors (Lipinski definition) is 0. The van der Waals surface area contributed by atoms with Crippen LogP contribution in [0.25, 0.3) is 0 Å². The van der Waals surface area contributed by atoms with Gasteiger partial charge in [0.1, 0.15) is 11.5 Å². The van der Waals surface area contributed by atoms with E-state index in [0.717, 1.165) is 40.3 Å². The van der Waals surface area contributed by atoms with Crippen LogP contribution < -0.4 is 9.47 Å². The third kappa shape index (κ3) is 3.58. The van der Waals surface area contributed by atoms with E-state index in [0.29, 0.717) is 12.2 Å². The molecule has 3 aromatic carbocycles. The van der Waals surface area contributed by atoms with Crippen LogP contribution in [0.2, 0.25) is 0 Å². The van der Waals surface area contributed by atoms with Crippen LogP contribution in [0.1, 0.15) is 52.7 Å². The Balaban J connectivity index is 1.50. The lowest BCUT2D eigenvalue weighted by molar-refractivity contribution is -0.0190. The first-order valence-electron chi connectivity index (χ1n) is 10.7. The molecule has 0 N–H and O–H groups in total. The predicted molar refractivity (Wildman–Crippen MR) is 121 cm³/mol. The minimum atomic E-state index is -0.387. The number of esters is 1. The van der Waals surface area contributed by atoms with E-state index in [1.807, 2.05) is 54.4 Å². The van der Waals surface area contributed by atoms with Crippen molar-refractivity contribution in [3.8, 4) is 11.5 Å². The quantitative estimate of drug-likeness (QED) is 0.528. The molecule has 3 aromatic rings. The number of hydrogen-bond acceptors (Lipinski definition) is 6. The van der Waals surface area contributed by atoms with E-state index in [-0.39, 0.29) is 18.2 Å². The van der Waals surface area contributed by atoms with E-state index in [4.69, 9.17) is 19.3 Å². The Morgan fingerprint density at radius 1 is 1.06 bits per heavy atom. The minimum absolute atomic E-state index is 0.0757. The second-order valence-corrected chi connectivity index (χ2v) is 7.73.